The molecule has 0 bridgehead atoms. The molecule has 41 heavy (non-hydrogen) atoms. The lowest BCUT2D eigenvalue weighted by Gasteiger charge is -2.13. The Morgan fingerprint density at radius 2 is 1.76 bits per heavy atom. The lowest BCUT2D eigenvalue weighted by Crippen LogP contribution is -2.30. The SMILES string of the molecule is CCSc1nsc(NC(=O)C(C)Sc2cccc(NC(=O)/C(=C/c3ccccc3F)NC(=O)c3ccccc3)c2)n1. The number of anilines is 2. The number of carbonyl (C=O) groups excluding carboxylic acids is 3. The Morgan fingerprint density at radius 1 is 1.00 bits per heavy atom. The first-order chi connectivity index (χ1) is 19.8. The van der Waals surface area contributed by atoms with Gasteiger partial charge in [-0.2, -0.15) is 9.36 Å². The Balaban J connectivity index is 1.46. The molecule has 0 fully saturated rings. The van der Waals surface area contributed by atoms with E-state index in [-0.39, 0.29) is 17.2 Å². The van der Waals surface area contributed by atoms with E-state index in [1.54, 1.807) is 61.5 Å². The summed E-state index contributed by atoms with van der Waals surface area (Å²) in [6.07, 6.45) is 1.29. The molecule has 0 aliphatic heterocycles. The monoisotopic (exact) mass is 607 g/mol. The number of thioether (sulfide) groups is 2. The second kappa shape index (κ2) is 14.6. The Hall–Kier alpha value is -4.00. The van der Waals surface area contributed by atoms with E-state index in [1.165, 1.54) is 47.8 Å². The number of aromatic nitrogens is 2. The third kappa shape index (κ3) is 8.74. The molecule has 0 saturated heterocycles. The molecule has 8 nitrogen and oxygen atoms in total. The van der Waals surface area contributed by atoms with Crippen molar-refractivity contribution >= 4 is 69.7 Å². The van der Waals surface area contributed by atoms with Crippen molar-refractivity contribution in [2.24, 2.45) is 0 Å². The van der Waals surface area contributed by atoms with E-state index in [0.29, 0.717) is 21.5 Å². The third-order valence-electron chi connectivity index (χ3n) is 5.42. The largest absolute Gasteiger partial charge is 0.321 e. The van der Waals surface area contributed by atoms with Crippen LogP contribution in [0.4, 0.5) is 15.2 Å². The van der Waals surface area contributed by atoms with Gasteiger partial charge in [0.15, 0.2) is 0 Å². The van der Waals surface area contributed by atoms with Crippen LogP contribution in [0.15, 0.2) is 94.6 Å². The molecule has 12 heteroatoms. The molecular weight excluding hydrogens is 582 g/mol. The first-order valence-corrected chi connectivity index (χ1v) is 15.1. The second-order valence-corrected chi connectivity index (χ2v) is 11.8. The van der Waals surface area contributed by atoms with E-state index < -0.39 is 22.9 Å². The van der Waals surface area contributed by atoms with Crippen molar-refractivity contribution in [2.45, 2.75) is 29.1 Å². The van der Waals surface area contributed by atoms with Crippen LogP contribution in [0.25, 0.3) is 6.08 Å². The number of hydrogen-bond acceptors (Lipinski definition) is 8. The summed E-state index contributed by atoms with van der Waals surface area (Å²) >= 11 is 3.93. The maximum atomic E-state index is 14.4. The highest BCUT2D eigenvalue weighted by Gasteiger charge is 2.19. The van der Waals surface area contributed by atoms with Gasteiger partial charge < -0.3 is 10.6 Å². The maximum absolute atomic E-state index is 14.4. The van der Waals surface area contributed by atoms with Crippen LogP contribution in [-0.2, 0) is 9.59 Å². The lowest BCUT2D eigenvalue weighted by atomic mass is 10.1. The first kappa shape index (κ1) is 30.0. The Labute approximate surface area is 249 Å². The van der Waals surface area contributed by atoms with E-state index >= 15 is 0 Å². The number of rotatable bonds is 11. The minimum absolute atomic E-state index is 0.132. The summed E-state index contributed by atoms with van der Waals surface area (Å²) in [7, 11) is 0. The van der Waals surface area contributed by atoms with Crippen LogP contribution in [-0.4, -0.2) is 38.1 Å². The Kier molecular flexibility index (Phi) is 10.7. The van der Waals surface area contributed by atoms with Crippen molar-refractivity contribution < 1.29 is 18.8 Å². The lowest BCUT2D eigenvalue weighted by molar-refractivity contribution is -0.115. The molecule has 3 aromatic carbocycles. The zero-order valence-corrected chi connectivity index (χ0v) is 24.5. The molecule has 0 aliphatic carbocycles. The summed E-state index contributed by atoms with van der Waals surface area (Å²) in [4.78, 5) is 43.8. The molecule has 1 heterocycles. The van der Waals surface area contributed by atoms with Crippen LogP contribution in [0, 0.1) is 5.82 Å². The van der Waals surface area contributed by atoms with Crippen molar-refractivity contribution in [1.82, 2.24) is 14.7 Å². The fraction of sp³-hybridized carbons (Fsp3) is 0.138. The zero-order chi connectivity index (χ0) is 29.2. The number of nitrogens with one attached hydrogen (secondary N) is 3. The van der Waals surface area contributed by atoms with Crippen molar-refractivity contribution in [1.29, 1.82) is 0 Å². The summed E-state index contributed by atoms with van der Waals surface area (Å²) in [5, 5.41) is 8.74. The number of benzene rings is 3. The van der Waals surface area contributed by atoms with E-state index in [2.05, 4.69) is 25.3 Å². The van der Waals surface area contributed by atoms with Crippen LogP contribution in [0.5, 0.6) is 0 Å². The van der Waals surface area contributed by atoms with Crippen LogP contribution in [0.2, 0.25) is 0 Å². The van der Waals surface area contributed by atoms with Gasteiger partial charge in [0.2, 0.25) is 16.2 Å². The van der Waals surface area contributed by atoms with Gasteiger partial charge in [-0.15, -0.1) is 11.8 Å². The maximum Gasteiger partial charge on any atom is 0.272 e. The quantitative estimate of drug-likeness (QED) is 0.135. The van der Waals surface area contributed by atoms with Gasteiger partial charge in [-0.25, -0.2) is 4.39 Å². The van der Waals surface area contributed by atoms with Crippen molar-refractivity contribution in [2.75, 3.05) is 16.4 Å². The van der Waals surface area contributed by atoms with Gasteiger partial charge in [0.05, 0.1) is 5.25 Å². The van der Waals surface area contributed by atoms with Gasteiger partial charge in [0.1, 0.15) is 11.5 Å². The molecule has 1 atom stereocenters. The number of carbonyl (C=O) groups is 3. The number of hydrogen-bond donors (Lipinski definition) is 3. The topological polar surface area (TPSA) is 113 Å². The zero-order valence-electron chi connectivity index (χ0n) is 22.1. The van der Waals surface area contributed by atoms with Gasteiger partial charge >= 0.3 is 0 Å². The molecule has 210 valence electrons. The average Bonchev–Trinajstić information content (AvgIpc) is 3.41. The van der Waals surface area contributed by atoms with E-state index in [9.17, 15) is 18.8 Å². The molecule has 3 N–H and O–H groups in total. The van der Waals surface area contributed by atoms with Crippen LogP contribution in [0.3, 0.4) is 0 Å². The molecule has 4 rings (SSSR count). The van der Waals surface area contributed by atoms with E-state index in [4.69, 9.17) is 0 Å². The third-order valence-corrected chi connectivity index (χ3v) is 7.99. The van der Waals surface area contributed by atoms with Gasteiger partial charge in [0, 0.05) is 33.2 Å². The number of nitrogens with zero attached hydrogens (tertiary/aromatic N) is 2. The second-order valence-electron chi connectivity index (χ2n) is 8.45. The van der Waals surface area contributed by atoms with Crippen molar-refractivity contribution in [3.8, 4) is 0 Å². The predicted molar refractivity (Wildman–Crippen MR) is 164 cm³/mol. The number of halogens is 1. The molecule has 0 spiro atoms. The standard InChI is InChI=1S/C29H26FN5O3S3/c1-3-39-29-34-28(41-35-29)33-25(36)18(2)40-22-14-9-13-21(17-22)31-27(38)24(16-20-12-7-8-15-23(20)30)32-26(37)19-10-5-4-6-11-19/h4-18H,3H2,1-2H3,(H,31,38)(H,32,37)(H,33,34,35,36)/b24-16-. The minimum atomic E-state index is -0.637. The summed E-state index contributed by atoms with van der Waals surface area (Å²) in [6, 6.07) is 21.3. The summed E-state index contributed by atoms with van der Waals surface area (Å²) in [5.41, 5.74) is 0.795. The molecule has 0 saturated carbocycles. The highest BCUT2D eigenvalue weighted by Crippen LogP contribution is 2.28. The molecule has 0 aliphatic rings. The van der Waals surface area contributed by atoms with Crippen molar-refractivity contribution in [3.05, 3.63) is 102 Å². The minimum Gasteiger partial charge on any atom is -0.321 e. The van der Waals surface area contributed by atoms with Gasteiger partial charge in [-0.05, 0) is 55.2 Å². The average molecular weight is 608 g/mol. The summed E-state index contributed by atoms with van der Waals surface area (Å²) < 4.78 is 18.6. The fourth-order valence-corrected chi connectivity index (χ4v) is 5.65. The van der Waals surface area contributed by atoms with Gasteiger partial charge in [-0.3, -0.25) is 19.7 Å². The molecule has 0 radical (unpaired) electrons. The smallest absolute Gasteiger partial charge is 0.272 e. The number of amides is 3. The molecular formula is C29H26FN5O3S3. The molecule has 1 aromatic heterocycles. The Morgan fingerprint density at radius 3 is 2.51 bits per heavy atom. The predicted octanol–water partition coefficient (Wildman–Crippen LogP) is 6.32. The van der Waals surface area contributed by atoms with Crippen molar-refractivity contribution in [3.63, 3.8) is 0 Å². The molecule has 4 aromatic rings. The summed E-state index contributed by atoms with van der Waals surface area (Å²) in [6.45, 7) is 3.77. The highest BCUT2D eigenvalue weighted by molar-refractivity contribution is 8.00. The molecule has 3 amide bonds. The highest BCUT2D eigenvalue weighted by atomic mass is 32.2. The van der Waals surface area contributed by atoms with Crippen LogP contribution < -0.4 is 16.0 Å². The first-order valence-electron chi connectivity index (χ1n) is 12.5. The van der Waals surface area contributed by atoms with Crippen LogP contribution in [0.1, 0.15) is 29.8 Å². The Bertz CT molecular complexity index is 1560. The van der Waals surface area contributed by atoms with Gasteiger partial charge in [0.25, 0.3) is 11.8 Å². The van der Waals surface area contributed by atoms with E-state index in [0.717, 1.165) is 22.2 Å². The van der Waals surface area contributed by atoms with Crippen LogP contribution >= 0.6 is 35.1 Å². The van der Waals surface area contributed by atoms with Gasteiger partial charge in [-0.1, -0.05) is 61.2 Å². The summed E-state index contributed by atoms with van der Waals surface area (Å²) in [5.74, 6) is -1.08. The fourth-order valence-electron chi connectivity index (χ4n) is 3.45. The van der Waals surface area contributed by atoms with E-state index in [1.807, 2.05) is 13.0 Å². The molecule has 1 unspecified atom stereocenters. The normalized spacial score (nSPS) is 11.9.